The summed E-state index contributed by atoms with van der Waals surface area (Å²) in [5, 5.41) is 21.1. The Morgan fingerprint density at radius 1 is 1.65 bits per heavy atom. The molecule has 0 amide bonds. The molecule has 17 heavy (non-hydrogen) atoms. The highest BCUT2D eigenvalue weighted by molar-refractivity contribution is 5.55. The van der Waals surface area contributed by atoms with Crippen molar-refractivity contribution >= 4 is 5.82 Å². The third-order valence-corrected chi connectivity index (χ3v) is 2.46. The molecule has 1 atom stereocenters. The number of aliphatic hydroxyl groups excluding tert-OH is 1. The van der Waals surface area contributed by atoms with Gasteiger partial charge in [-0.05, 0) is 25.0 Å². The number of aryl methyl sites for hydroxylation is 1. The van der Waals surface area contributed by atoms with Crippen molar-refractivity contribution in [3.05, 3.63) is 23.4 Å². The predicted molar refractivity (Wildman–Crippen MR) is 64.7 cm³/mol. The molecule has 0 aliphatic heterocycles. The van der Waals surface area contributed by atoms with Crippen LogP contribution in [0.3, 0.4) is 0 Å². The average molecular weight is 235 g/mol. The molecule has 1 aromatic heterocycles. The molecule has 1 heterocycles. The molecule has 1 rings (SSSR count). The summed E-state index contributed by atoms with van der Waals surface area (Å²) < 4.78 is 5.05. The highest BCUT2D eigenvalue weighted by atomic mass is 16.5. The number of pyridine rings is 1. The van der Waals surface area contributed by atoms with Gasteiger partial charge >= 0.3 is 0 Å². The lowest BCUT2D eigenvalue weighted by Crippen LogP contribution is -2.27. The van der Waals surface area contributed by atoms with E-state index in [1.54, 1.807) is 19.4 Å². The normalized spacial score (nSPS) is 11.9. The van der Waals surface area contributed by atoms with Crippen LogP contribution in [0.25, 0.3) is 0 Å². The van der Waals surface area contributed by atoms with Crippen LogP contribution in [0.1, 0.15) is 17.5 Å². The summed E-state index contributed by atoms with van der Waals surface area (Å²) in [6.45, 7) is 2.39. The van der Waals surface area contributed by atoms with Crippen molar-refractivity contribution in [2.75, 3.05) is 25.6 Å². The van der Waals surface area contributed by atoms with E-state index in [2.05, 4.69) is 16.4 Å². The number of hydrogen-bond donors (Lipinski definition) is 2. The Hall–Kier alpha value is -1.64. The first kappa shape index (κ1) is 13.4. The van der Waals surface area contributed by atoms with Crippen LogP contribution in [0.5, 0.6) is 0 Å². The van der Waals surface area contributed by atoms with E-state index in [-0.39, 0.29) is 12.6 Å². The smallest absolute Gasteiger partial charge is 0.144 e. The monoisotopic (exact) mass is 235 g/mol. The van der Waals surface area contributed by atoms with Gasteiger partial charge in [0.25, 0.3) is 0 Å². The molecule has 0 spiro atoms. The predicted octanol–water partition coefficient (Wildman–Crippen LogP) is 1.07. The van der Waals surface area contributed by atoms with Gasteiger partial charge in [0, 0.05) is 19.9 Å². The largest absolute Gasteiger partial charge is 0.396 e. The first-order valence-electron chi connectivity index (χ1n) is 5.45. The third kappa shape index (κ3) is 3.70. The number of hydrogen-bond acceptors (Lipinski definition) is 5. The summed E-state index contributed by atoms with van der Waals surface area (Å²) in [5.74, 6) is 0.544. The second-order valence-corrected chi connectivity index (χ2v) is 3.77. The van der Waals surface area contributed by atoms with Crippen molar-refractivity contribution in [1.29, 1.82) is 5.26 Å². The third-order valence-electron chi connectivity index (χ3n) is 2.46. The van der Waals surface area contributed by atoms with E-state index in [4.69, 9.17) is 15.1 Å². The Kier molecular flexibility index (Phi) is 5.40. The molecule has 2 N–H and O–H groups in total. The van der Waals surface area contributed by atoms with Crippen molar-refractivity contribution in [2.24, 2.45) is 0 Å². The fourth-order valence-corrected chi connectivity index (χ4v) is 1.56. The number of methoxy groups -OCH3 is 1. The molecule has 0 aliphatic carbocycles. The van der Waals surface area contributed by atoms with Crippen LogP contribution in [0.2, 0.25) is 0 Å². The van der Waals surface area contributed by atoms with Crippen molar-refractivity contribution in [1.82, 2.24) is 4.98 Å². The van der Waals surface area contributed by atoms with Gasteiger partial charge in [0.2, 0.25) is 0 Å². The molecule has 0 bridgehead atoms. The summed E-state index contributed by atoms with van der Waals surface area (Å²) in [4.78, 5) is 4.14. The first-order chi connectivity index (χ1) is 8.22. The number of rotatable bonds is 6. The number of aromatic nitrogens is 1. The van der Waals surface area contributed by atoms with Crippen LogP contribution in [0.15, 0.2) is 12.3 Å². The van der Waals surface area contributed by atoms with Crippen LogP contribution in [0, 0.1) is 18.3 Å². The van der Waals surface area contributed by atoms with Crippen molar-refractivity contribution < 1.29 is 9.84 Å². The molecule has 92 valence electrons. The number of nitrogens with one attached hydrogen (secondary N) is 1. The Labute approximate surface area is 101 Å². The lowest BCUT2D eigenvalue weighted by atomic mass is 10.1. The Morgan fingerprint density at radius 2 is 2.41 bits per heavy atom. The fraction of sp³-hybridized carbons (Fsp3) is 0.500. The maximum absolute atomic E-state index is 9.06. The summed E-state index contributed by atoms with van der Waals surface area (Å²) in [6, 6.07) is 3.87. The van der Waals surface area contributed by atoms with Crippen LogP contribution in [-0.2, 0) is 4.74 Å². The summed E-state index contributed by atoms with van der Waals surface area (Å²) in [5.41, 5.74) is 1.41. The van der Waals surface area contributed by atoms with Crippen LogP contribution in [0.4, 0.5) is 5.82 Å². The number of anilines is 1. The molecular formula is C12H17N3O2. The Morgan fingerprint density at radius 3 is 3.00 bits per heavy atom. The Bertz CT molecular complexity index is 395. The van der Waals surface area contributed by atoms with Gasteiger partial charge in [-0.1, -0.05) is 0 Å². The minimum Gasteiger partial charge on any atom is -0.396 e. The van der Waals surface area contributed by atoms with Gasteiger partial charge in [-0.3, -0.25) is 0 Å². The summed E-state index contributed by atoms with van der Waals surface area (Å²) >= 11 is 0. The van der Waals surface area contributed by atoms with E-state index >= 15 is 0 Å². The van der Waals surface area contributed by atoms with E-state index in [1.165, 1.54) is 0 Å². The number of nitriles is 1. The van der Waals surface area contributed by atoms with E-state index in [0.717, 1.165) is 5.56 Å². The van der Waals surface area contributed by atoms with Gasteiger partial charge in [-0.25, -0.2) is 4.98 Å². The maximum Gasteiger partial charge on any atom is 0.144 e. The molecular weight excluding hydrogens is 218 g/mol. The quantitative estimate of drug-likeness (QED) is 0.771. The van der Waals surface area contributed by atoms with Crippen LogP contribution >= 0.6 is 0 Å². The SMILES string of the molecule is COCC(CCO)Nc1nccc(C)c1C#N. The van der Waals surface area contributed by atoms with Gasteiger partial charge in [-0.2, -0.15) is 5.26 Å². The lowest BCUT2D eigenvalue weighted by Gasteiger charge is -2.18. The second kappa shape index (κ2) is 6.84. The summed E-state index contributed by atoms with van der Waals surface area (Å²) in [7, 11) is 1.60. The zero-order valence-corrected chi connectivity index (χ0v) is 10.1. The maximum atomic E-state index is 9.06. The zero-order valence-electron chi connectivity index (χ0n) is 10.1. The molecule has 0 aliphatic rings. The minimum absolute atomic E-state index is 0.0496. The van der Waals surface area contributed by atoms with Crippen molar-refractivity contribution in [3.8, 4) is 6.07 Å². The molecule has 0 radical (unpaired) electrons. The highest BCUT2D eigenvalue weighted by Crippen LogP contribution is 2.16. The average Bonchev–Trinajstić information content (AvgIpc) is 2.30. The zero-order chi connectivity index (χ0) is 12.7. The summed E-state index contributed by atoms with van der Waals surface area (Å²) in [6.07, 6.45) is 2.20. The lowest BCUT2D eigenvalue weighted by molar-refractivity contribution is 0.170. The highest BCUT2D eigenvalue weighted by Gasteiger charge is 2.12. The molecule has 0 aromatic carbocycles. The van der Waals surface area contributed by atoms with Gasteiger partial charge < -0.3 is 15.2 Å². The number of aliphatic hydroxyl groups is 1. The van der Waals surface area contributed by atoms with Crippen LogP contribution < -0.4 is 5.32 Å². The van der Waals surface area contributed by atoms with E-state index in [1.807, 2.05) is 6.92 Å². The standard InChI is InChI=1S/C12H17N3O2/c1-9-3-5-14-12(11(9)7-13)15-10(4-6-16)8-17-2/h3,5,10,16H,4,6,8H2,1-2H3,(H,14,15). The fourth-order valence-electron chi connectivity index (χ4n) is 1.56. The van der Waals surface area contributed by atoms with E-state index in [0.29, 0.717) is 24.4 Å². The molecule has 0 fully saturated rings. The van der Waals surface area contributed by atoms with Gasteiger partial charge in [0.15, 0.2) is 0 Å². The van der Waals surface area contributed by atoms with Gasteiger partial charge in [-0.15, -0.1) is 0 Å². The van der Waals surface area contributed by atoms with E-state index < -0.39 is 0 Å². The minimum atomic E-state index is -0.0496. The first-order valence-corrected chi connectivity index (χ1v) is 5.45. The van der Waals surface area contributed by atoms with Crippen molar-refractivity contribution in [3.63, 3.8) is 0 Å². The van der Waals surface area contributed by atoms with Crippen molar-refractivity contribution in [2.45, 2.75) is 19.4 Å². The molecule has 1 unspecified atom stereocenters. The van der Waals surface area contributed by atoms with Gasteiger partial charge in [0.1, 0.15) is 11.9 Å². The topological polar surface area (TPSA) is 78.2 Å². The molecule has 1 aromatic rings. The Balaban J connectivity index is 2.85. The van der Waals surface area contributed by atoms with E-state index in [9.17, 15) is 0 Å². The second-order valence-electron chi connectivity index (χ2n) is 3.77. The molecule has 5 nitrogen and oxygen atoms in total. The molecule has 0 saturated heterocycles. The van der Waals surface area contributed by atoms with Crippen LogP contribution in [-0.4, -0.2) is 36.5 Å². The number of nitrogens with zero attached hydrogens (tertiary/aromatic N) is 2. The van der Waals surface area contributed by atoms with Gasteiger partial charge in [0.05, 0.1) is 18.2 Å². The molecule has 0 saturated carbocycles. The molecule has 5 heteroatoms. The number of ether oxygens (including phenoxy) is 1.